The van der Waals surface area contributed by atoms with E-state index in [0.29, 0.717) is 29.0 Å². The highest BCUT2D eigenvalue weighted by Gasteiger charge is 2.66. The van der Waals surface area contributed by atoms with Crippen molar-refractivity contribution >= 4 is 17.5 Å². The molecule has 0 unspecified atom stereocenters. The summed E-state index contributed by atoms with van der Waals surface area (Å²) in [6, 6.07) is 5.40. The van der Waals surface area contributed by atoms with Crippen LogP contribution in [-0.2, 0) is 9.53 Å². The molecule has 0 aromatic heterocycles. The van der Waals surface area contributed by atoms with E-state index in [2.05, 4.69) is 10.6 Å². The number of fused-ring (bicyclic) bond motifs is 3. The molecule has 2 amide bonds. The predicted molar refractivity (Wildman–Crippen MR) is 86.0 cm³/mol. The Balaban J connectivity index is 1.36. The van der Waals surface area contributed by atoms with Gasteiger partial charge in [-0.05, 0) is 37.5 Å². The van der Waals surface area contributed by atoms with Crippen LogP contribution in [-0.4, -0.2) is 37.2 Å². The lowest BCUT2D eigenvalue weighted by Gasteiger charge is -2.63. The van der Waals surface area contributed by atoms with Crippen LogP contribution in [0, 0.1) is 11.3 Å². The minimum atomic E-state index is -0.196. The minimum absolute atomic E-state index is 0.0200. The lowest BCUT2D eigenvalue weighted by Crippen LogP contribution is -2.71. The Morgan fingerprint density at radius 1 is 1.33 bits per heavy atom. The second-order valence-electron chi connectivity index (χ2n) is 7.33. The van der Waals surface area contributed by atoms with Crippen LogP contribution in [0.15, 0.2) is 18.2 Å². The van der Waals surface area contributed by atoms with E-state index >= 15 is 0 Å². The molecule has 2 aliphatic heterocycles. The van der Waals surface area contributed by atoms with Gasteiger partial charge >= 0.3 is 0 Å². The lowest BCUT2D eigenvalue weighted by atomic mass is 9.46. The van der Waals surface area contributed by atoms with Crippen molar-refractivity contribution in [2.24, 2.45) is 11.3 Å². The van der Waals surface area contributed by atoms with E-state index < -0.39 is 0 Å². The molecule has 1 spiro atoms. The molecule has 6 nitrogen and oxygen atoms in total. The summed E-state index contributed by atoms with van der Waals surface area (Å²) in [6.45, 7) is 0.831. The summed E-state index contributed by atoms with van der Waals surface area (Å²) >= 11 is 0. The Hall–Kier alpha value is -2.08. The van der Waals surface area contributed by atoms with E-state index in [1.165, 1.54) is 6.42 Å². The number of nitrogens with one attached hydrogen (secondary N) is 2. The Bertz CT molecular complexity index is 728. The molecule has 5 rings (SSSR count). The van der Waals surface area contributed by atoms with Crippen LogP contribution in [0.1, 0.15) is 36.0 Å². The molecular formula is C18H20N2O4. The van der Waals surface area contributed by atoms with Crippen LogP contribution in [0.4, 0.5) is 5.69 Å². The third-order valence-electron chi connectivity index (χ3n) is 6.20. The SMILES string of the molecule is O=C1COc2ccc(C(=O)N[C@@H]3[C@H]4CCO[C@@H]4C34CCC4)cc2N1. The van der Waals surface area contributed by atoms with Crippen molar-refractivity contribution in [1.82, 2.24) is 5.32 Å². The summed E-state index contributed by atoms with van der Waals surface area (Å²) < 4.78 is 11.2. The van der Waals surface area contributed by atoms with Gasteiger partial charge in [0.25, 0.3) is 11.8 Å². The maximum absolute atomic E-state index is 12.7. The van der Waals surface area contributed by atoms with Crippen LogP contribution in [0.3, 0.4) is 0 Å². The van der Waals surface area contributed by atoms with E-state index in [4.69, 9.17) is 9.47 Å². The van der Waals surface area contributed by atoms with Gasteiger partial charge in [-0.3, -0.25) is 9.59 Å². The van der Waals surface area contributed by atoms with Gasteiger partial charge in [-0.25, -0.2) is 0 Å². The van der Waals surface area contributed by atoms with E-state index in [0.717, 1.165) is 25.9 Å². The molecule has 4 aliphatic rings. The summed E-state index contributed by atoms with van der Waals surface area (Å²) in [6.07, 6.45) is 4.89. The molecule has 1 aromatic rings. The number of ether oxygens (including phenoxy) is 2. The summed E-state index contributed by atoms with van der Waals surface area (Å²) in [7, 11) is 0. The average Bonchev–Trinajstić information content (AvgIpc) is 2.95. The molecule has 2 heterocycles. The Morgan fingerprint density at radius 2 is 2.21 bits per heavy atom. The van der Waals surface area contributed by atoms with Crippen molar-refractivity contribution in [2.75, 3.05) is 18.5 Å². The predicted octanol–water partition coefficient (Wildman–Crippen LogP) is 1.70. The molecular weight excluding hydrogens is 308 g/mol. The first kappa shape index (κ1) is 14.3. The van der Waals surface area contributed by atoms with Crippen molar-refractivity contribution in [3.63, 3.8) is 0 Å². The second kappa shape index (κ2) is 4.96. The van der Waals surface area contributed by atoms with Gasteiger partial charge in [0.1, 0.15) is 5.75 Å². The fourth-order valence-electron chi connectivity index (χ4n) is 4.90. The van der Waals surface area contributed by atoms with Crippen LogP contribution >= 0.6 is 0 Å². The zero-order valence-electron chi connectivity index (χ0n) is 13.3. The number of carbonyl (C=O) groups excluding carboxylic acids is 2. The van der Waals surface area contributed by atoms with E-state index in [1.807, 2.05) is 0 Å². The molecule has 2 N–H and O–H groups in total. The van der Waals surface area contributed by atoms with Gasteiger partial charge in [-0.2, -0.15) is 0 Å². The summed E-state index contributed by atoms with van der Waals surface area (Å²) in [5, 5.41) is 5.99. The third-order valence-corrected chi connectivity index (χ3v) is 6.20. The molecule has 0 bridgehead atoms. The molecule has 24 heavy (non-hydrogen) atoms. The minimum Gasteiger partial charge on any atom is -0.482 e. The number of hydrogen-bond acceptors (Lipinski definition) is 4. The summed E-state index contributed by atoms with van der Waals surface area (Å²) in [5.41, 5.74) is 1.28. The fourth-order valence-corrected chi connectivity index (χ4v) is 4.90. The number of rotatable bonds is 2. The standard InChI is InChI=1S/C18H20N2O4/c21-14-9-24-13-3-2-10(8-12(13)19-14)17(22)20-15-11-4-7-23-16(11)18(15)5-1-6-18/h2-3,8,11,15-16H,1,4-7,9H2,(H,19,21)(H,20,22)/t11-,15-,16+/m1/s1. The van der Waals surface area contributed by atoms with Gasteiger partial charge in [0.2, 0.25) is 0 Å². The molecule has 1 aromatic carbocycles. The van der Waals surface area contributed by atoms with Crippen molar-refractivity contribution < 1.29 is 19.1 Å². The normalized spacial score (nSPS) is 31.8. The zero-order chi connectivity index (χ0) is 16.3. The molecule has 126 valence electrons. The number of anilines is 1. The van der Waals surface area contributed by atoms with Crippen molar-refractivity contribution in [3.8, 4) is 5.75 Å². The molecule has 2 aliphatic carbocycles. The highest BCUT2D eigenvalue weighted by Crippen LogP contribution is 2.62. The Labute approximate surface area is 139 Å². The van der Waals surface area contributed by atoms with Gasteiger partial charge in [-0.15, -0.1) is 0 Å². The molecule has 3 atom stereocenters. The largest absolute Gasteiger partial charge is 0.482 e. The summed E-state index contributed by atoms with van der Waals surface area (Å²) in [5.74, 6) is 0.780. The number of amides is 2. The first-order valence-electron chi connectivity index (χ1n) is 8.67. The van der Waals surface area contributed by atoms with Crippen LogP contribution in [0.5, 0.6) is 5.75 Å². The number of benzene rings is 1. The first-order chi connectivity index (χ1) is 11.7. The quantitative estimate of drug-likeness (QED) is 0.866. The maximum Gasteiger partial charge on any atom is 0.262 e. The smallest absolute Gasteiger partial charge is 0.262 e. The van der Waals surface area contributed by atoms with E-state index in [9.17, 15) is 9.59 Å². The van der Waals surface area contributed by atoms with Crippen molar-refractivity contribution in [3.05, 3.63) is 23.8 Å². The van der Waals surface area contributed by atoms with Crippen molar-refractivity contribution in [1.29, 1.82) is 0 Å². The van der Waals surface area contributed by atoms with E-state index in [1.54, 1.807) is 18.2 Å². The topological polar surface area (TPSA) is 76.7 Å². The molecule has 2 saturated carbocycles. The molecule has 6 heteroatoms. The summed E-state index contributed by atoms with van der Waals surface area (Å²) in [4.78, 5) is 24.2. The second-order valence-corrected chi connectivity index (χ2v) is 7.33. The average molecular weight is 328 g/mol. The van der Waals surface area contributed by atoms with Gasteiger partial charge in [0.15, 0.2) is 6.61 Å². The molecule has 0 radical (unpaired) electrons. The van der Waals surface area contributed by atoms with Crippen LogP contribution in [0.25, 0.3) is 0 Å². The molecule has 1 saturated heterocycles. The lowest BCUT2D eigenvalue weighted by molar-refractivity contribution is -0.172. The number of carbonyl (C=O) groups is 2. The van der Waals surface area contributed by atoms with Crippen molar-refractivity contribution in [2.45, 2.75) is 37.8 Å². The first-order valence-corrected chi connectivity index (χ1v) is 8.67. The Morgan fingerprint density at radius 3 is 3.00 bits per heavy atom. The van der Waals surface area contributed by atoms with Gasteiger partial charge in [0, 0.05) is 29.5 Å². The Kier molecular flexibility index (Phi) is 2.95. The fraction of sp³-hybridized carbons (Fsp3) is 0.556. The van der Waals surface area contributed by atoms with E-state index in [-0.39, 0.29) is 29.9 Å². The van der Waals surface area contributed by atoms with Crippen LogP contribution < -0.4 is 15.4 Å². The zero-order valence-corrected chi connectivity index (χ0v) is 13.3. The van der Waals surface area contributed by atoms with Crippen LogP contribution in [0.2, 0.25) is 0 Å². The van der Waals surface area contributed by atoms with Gasteiger partial charge < -0.3 is 20.1 Å². The highest BCUT2D eigenvalue weighted by atomic mass is 16.5. The maximum atomic E-state index is 12.7. The third kappa shape index (κ3) is 1.86. The van der Waals surface area contributed by atoms with Gasteiger partial charge in [-0.1, -0.05) is 6.42 Å². The van der Waals surface area contributed by atoms with Gasteiger partial charge in [0.05, 0.1) is 11.8 Å². The monoisotopic (exact) mass is 328 g/mol. The molecule has 3 fully saturated rings. The highest BCUT2D eigenvalue weighted by molar-refractivity contribution is 6.00. The number of hydrogen-bond donors (Lipinski definition) is 2.